The van der Waals surface area contributed by atoms with E-state index >= 15 is 0 Å². The number of nitrogens with zero attached hydrogens (tertiary/aromatic N) is 1. The molecule has 0 saturated heterocycles. The van der Waals surface area contributed by atoms with Gasteiger partial charge in [-0.15, -0.1) is 0 Å². The van der Waals surface area contributed by atoms with E-state index in [-0.39, 0.29) is 6.04 Å². The lowest BCUT2D eigenvalue weighted by Gasteiger charge is -2.21. The van der Waals surface area contributed by atoms with Gasteiger partial charge in [-0.3, -0.25) is 0 Å². The lowest BCUT2D eigenvalue weighted by molar-refractivity contribution is 0.0500. The molecule has 0 aliphatic heterocycles. The number of oxazole rings is 1. The second-order valence-corrected chi connectivity index (χ2v) is 5.07. The van der Waals surface area contributed by atoms with Crippen molar-refractivity contribution in [2.24, 2.45) is 5.73 Å². The largest absolute Gasteiger partial charge is 0.444 e. The maximum absolute atomic E-state index is 11.6. The van der Waals surface area contributed by atoms with Crippen molar-refractivity contribution >= 4 is 6.09 Å². The van der Waals surface area contributed by atoms with Gasteiger partial charge in [-0.05, 0) is 34.2 Å². The lowest BCUT2D eigenvalue weighted by atomic mass is 10.2. The number of hydrogen-bond donors (Lipinski definition) is 2. The summed E-state index contributed by atoms with van der Waals surface area (Å²) in [5, 5.41) is 2.66. The highest BCUT2D eigenvalue weighted by Gasteiger charge is 2.20. The Balaban J connectivity index is 2.53. The van der Waals surface area contributed by atoms with Gasteiger partial charge < -0.3 is 20.2 Å². The molecule has 0 radical (unpaired) electrons. The molecule has 0 spiro atoms. The molecule has 3 N–H and O–H groups in total. The summed E-state index contributed by atoms with van der Waals surface area (Å²) in [4.78, 5) is 15.6. The molecule has 18 heavy (non-hydrogen) atoms. The fourth-order valence-corrected chi connectivity index (χ4v) is 1.33. The first kappa shape index (κ1) is 14.5. The van der Waals surface area contributed by atoms with Crippen LogP contribution in [0.4, 0.5) is 4.79 Å². The fraction of sp³-hybridized carbons (Fsp3) is 0.667. The summed E-state index contributed by atoms with van der Waals surface area (Å²) >= 11 is 0. The highest BCUT2D eigenvalue weighted by atomic mass is 16.6. The van der Waals surface area contributed by atoms with E-state index in [1.165, 1.54) is 0 Å². The van der Waals surface area contributed by atoms with Gasteiger partial charge in [-0.1, -0.05) is 0 Å². The minimum absolute atomic E-state index is 0.341. The maximum Gasteiger partial charge on any atom is 0.408 e. The Morgan fingerprint density at radius 2 is 2.28 bits per heavy atom. The van der Waals surface area contributed by atoms with E-state index < -0.39 is 11.7 Å². The summed E-state index contributed by atoms with van der Waals surface area (Å²) in [6.07, 6.45) is 1.76. The van der Waals surface area contributed by atoms with Crippen LogP contribution in [0.2, 0.25) is 0 Å². The van der Waals surface area contributed by atoms with E-state index in [4.69, 9.17) is 14.9 Å². The van der Waals surface area contributed by atoms with Gasteiger partial charge in [0.1, 0.15) is 17.4 Å². The zero-order valence-electron chi connectivity index (χ0n) is 11.3. The first-order valence-corrected chi connectivity index (χ1v) is 5.96. The highest BCUT2D eigenvalue weighted by molar-refractivity contribution is 5.68. The van der Waals surface area contributed by atoms with Gasteiger partial charge in [-0.2, -0.15) is 0 Å². The van der Waals surface area contributed by atoms with E-state index in [1.807, 2.05) is 20.8 Å². The number of rotatable bonds is 4. The summed E-state index contributed by atoms with van der Waals surface area (Å²) in [5.41, 5.74) is 4.90. The molecule has 0 unspecified atom stereocenters. The standard InChI is InChI=1S/C12H21N3O3/c1-8(15-11(16)18-12(2,3)4)10-14-7-9(17-10)5-6-13/h7-8H,5-6,13H2,1-4H3,(H,15,16)/t8-/m0/s1. The third kappa shape index (κ3) is 4.75. The second kappa shape index (κ2) is 5.86. The Bertz CT molecular complexity index is 396. The number of carbonyl (C=O) groups is 1. The molecule has 0 aliphatic carbocycles. The third-order valence-electron chi connectivity index (χ3n) is 2.07. The van der Waals surface area contributed by atoms with Gasteiger partial charge >= 0.3 is 6.09 Å². The number of nitrogens with two attached hydrogens (primary N) is 1. The average Bonchev–Trinajstić information content (AvgIpc) is 2.63. The third-order valence-corrected chi connectivity index (χ3v) is 2.07. The van der Waals surface area contributed by atoms with Gasteiger partial charge in [0.15, 0.2) is 0 Å². The predicted octanol–water partition coefficient (Wildman–Crippen LogP) is 1.76. The normalized spacial score (nSPS) is 13.2. The van der Waals surface area contributed by atoms with Gasteiger partial charge in [-0.25, -0.2) is 9.78 Å². The minimum atomic E-state index is -0.523. The molecular weight excluding hydrogens is 234 g/mol. The highest BCUT2D eigenvalue weighted by Crippen LogP contribution is 2.14. The Hall–Kier alpha value is -1.56. The van der Waals surface area contributed by atoms with Crippen molar-refractivity contribution in [1.29, 1.82) is 0 Å². The lowest BCUT2D eigenvalue weighted by Crippen LogP contribution is -2.34. The molecule has 1 atom stereocenters. The van der Waals surface area contributed by atoms with Crippen LogP contribution in [0, 0.1) is 0 Å². The maximum atomic E-state index is 11.6. The van der Waals surface area contributed by atoms with Crippen LogP contribution in [-0.2, 0) is 11.2 Å². The molecule has 1 rings (SSSR count). The number of ether oxygens (including phenoxy) is 1. The SMILES string of the molecule is C[C@H](NC(=O)OC(C)(C)C)c1ncc(CCN)o1. The quantitative estimate of drug-likeness (QED) is 0.855. The molecule has 1 aromatic heterocycles. The smallest absolute Gasteiger partial charge is 0.408 e. The zero-order valence-corrected chi connectivity index (χ0v) is 11.3. The van der Waals surface area contributed by atoms with Crippen molar-refractivity contribution in [2.75, 3.05) is 6.54 Å². The van der Waals surface area contributed by atoms with E-state index in [2.05, 4.69) is 10.3 Å². The molecule has 1 heterocycles. The summed E-state index contributed by atoms with van der Waals surface area (Å²) in [5.74, 6) is 1.16. The average molecular weight is 255 g/mol. The van der Waals surface area contributed by atoms with Crippen molar-refractivity contribution in [3.63, 3.8) is 0 Å². The monoisotopic (exact) mass is 255 g/mol. The Kier molecular flexibility index (Phi) is 4.72. The van der Waals surface area contributed by atoms with E-state index in [0.717, 1.165) is 0 Å². The van der Waals surface area contributed by atoms with E-state index in [9.17, 15) is 4.79 Å². The Morgan fingerprint density at radius 1 is 1.61 bits per heavy atom. The number of amides is 1. The van der Waals surface area contributed by atoms with Gasteiger partial charge in [0, 0.05) is 6.42 Å². The summed E-state index contributed by atoms with van der Waals surface area (Å²) < 4.78 is 10.6. The van der Waals surface area contributed by atoms with Gasteiger partial charge in [0.05, 0.1) is 6.20 Å². The number of carbonyl (C=O) groups excluding carboxylic acids is 1. The first-order chi connectivity index (χ1) is 8.31. The Morgan fingerprint density at radius 3 is 2.83 bits per heavy atom. The van der Waals surface area contributed by atoms with Crippen molar-refractivity contribution < 1.29 is 13.9 Å². The molecule has 1 aromatic rings. The molecule has 0 saturated carbocycles. The molecule has 0 bridgehead atoms. The summed E-state index contributed by atoms with van der Waals surface area (Å²) in [6.45, 7) is 7.70. The van der Waals surface area contributed by atoms with Crippen molar-refractivity contribution in [3.05, 3.63) is 17.8 Å². The van der Waals surface area contributed by atoms with Gasteiger partial charge in [0.25, 0.3) is 0 Å². The van der Waals surface area contributed by atoms with Crippen LogP contribution in [0.1, 0.15) is 45.4 Å². The summed E-state index contributed by atoms with van der Waals surface area (Å²) in [7, 11) is 0. The topological polar surface area (TPSA) is 90.4 Å². The molecule has 1 amide bonds. The molecule has 102 valence electrons. The minimum Gasteiger partial charge on any atom is -0.444 e. The van der Waals surface area contributed by atoms with Crippen LogP contribution in [0.5, 0.6) is 0 Å². The first-order valence-electron chi connectivity index (χ1n) is 5.96. The Labute approximate surface area is 107 Å². The van der Waals surface area contributed by atoms with Crippen molar-refractivity contribution in [1.82, 2.24) is 10.3 Å². The van der Waals surface area contributed by atoms with E-state index in [0.29, 0.717) is 24.6 Å². The van der Waals surface area contributed by atoms with Crippen molar-refractivity contribution in [2.45, 2.75) is 45.8 Å². The fourth-order valence-electron chi connectivity index (χ4n) is 1.33. The van der Waals surface area contributed by atoms with Crippen molar-refractivity contribution in [3.8, 4) is 0 Å². The van der Waals surface area contributed by atoms with Crippen LogP contribution >= 0.6 is 0 Å². The number of alkyl carbamates (subject to hydrolysis) is 1. The van der Waals surface area contributed by atoms with E-state index in [1.54, 1.807) is 13.1 Å². The van der Waals surface area contributed by atoms with Crippen LogP contribution in [0.25, 0.3) is 0 Å². The zero-order chi connectivity index (χ0) is 13.8. The molecule has 0 aromatic carbocycles. The number of nitrogens with one attached hydrogen (secondary N) is 1. The second-order valence-electron chi connectivity index (χ2n) is 5.07. The molecule has 0 fully saturated rings. The van der Waals surface area contributed by atoms with Crippen LogP contribution in [0.15, 0.2) is 10.6 Å². The summed E-state index contributed by atoms with van der Waals surface area (Å²) in [6, 6.07) is -0.341. The van der Waals surface area contributed by atoms with Crippen LogP contribution in [-0.4, -0.2) is 23.2 Å². The molecule has 6 nitrogen and oxygen atoms in total. The van der Waals surface area contributed by atoms with Crippen LogP contribution in [0.3, 0.4) is 0 Å². The molecule has 6 heteroatoms. The molecule has 0 aliphatic rings. The van der Waals surface area contributed by atoms with Crippen LogP contribution < -0.4 is 11.1 Å². The number of aromatic nitrogens is 1. The predicted molar refractivity (Wildman–Crippen MR) is 67.0 cm³/mol. The number of hydrogen-bond acceptors (Lipinski definition) is 5. The van der Waals surface area contributed by atoms with Gasteiger partial charge in [0.2, 0.25) is 5.89 Å². The molecular formula is C12H21N3O3.